The fourth-order valence-electron chi connectivity index (χ4n) is 5.02. The zero-order valence-corrected chi connectivity index (χ0v) is 26.6. The highest BCUT2D eigenvalue weighted by Crippen LogP contribution is 2.38. The van der Waals surface area contributed by atoms with E-state index in [1.165, 1.54) is 0 Å². The van der Waals surface area contributed by atoms with Gasteiger partial charge >= 0.3 is 17.9 Å². The number of hydrogen-bond donors (Lipinski definition) is 5. The minimum atomic E-state index is -2.37. The summed E-state index contributed by atoms with van der Waals surface area (Å²) < 4.78 is 34.5. The number of aliphatic hydroxyl groups excluding tert-OH is 5. The van der Waals surface area contributed by atoms with Crippen LogP contribution in [0, 0.1) is 17.8 Å². The van der Waals surface area contributed by atoms with Crippen LogP contribution in [0.2, 0.25) is 0 Å². The lowest BCUT2D eigenvalue weighted by atomic mass is 9.97. The van der Waals surface area contributed by atoms with Crippen LogP contribution in [0.25, 0.3) is 0 Å². The predicted molar refractivity (Wildman–Crippen MR) is 152 cm³/mol. The van der Waals surface area contributed by atoms with E-state index in [2.05, 4.69) is 0 Å². The highest BCUT2D eigenvalue weighted by Gasteiger charge is 2.60. The lowest BCUT2D eigenvalue weighted by molar-refractivity contribution is -0.384. The van der Waals surface area contributed by atoms with E-state index in [0.29, 0.717) is 18.8 Å². The molecule has 2 saturated heterocycles. The maximum Gasteiger partial charge on any atom is 0.306 e. The van der Waals surface area contributed by atoms with Crippen molar-refractivity contribution >= 4 is 17.9 Å². The van der Waals surface area contributed by atoms with Crippen molar-refractivity contribution in [2.45, 2.75) is 135 Å². The van der Waals surface area contributed by atoms with E-state index in [0.717, 1.165) is 6.42 Å². The Morgan fingerprint density at radius 3 is 1.91 bits per heavy atom. The third kappa shape index (κ3) is 10.3. The van der Waals surface area contributed by atoms with E-state index >= 15 is 0 Å². The van der Waals surface area contributed by atoms with Crippen LogP contribution < -0.4 is 0 Å². The standard InChI is InChI=1S/C30H52O14/c1-7-18(6)12-23(36)42-27-26(40-21(34)10-8-9-16(2)3)25(41-22(35)11-17(4)5)20(14-32)39-29(27)44-30(15-33)28(38)24(37)19(13-31)43-30/h16-20,24-29,31-33,37-38H,7-15H2,1-6H3. The van der Waals surface area contributed by atoms with Gasteiger partial charge in [-0.25, -0.2) is 0 Å². The fraction of sp³-hybridized carbons (Fsp3) is 0.900. The van der Waals surface area contributed by atoms with Gasteiger partial charge in [0, 0.05) is 19.3 Å². The highest BCUT2D eigenvalue weighted by molar-refractivity contribution is 5.72. The molecular formula is C30H52O14. The van der Waals surface area contributed by atoms with Crippen LogP contribution in [0.3, 0.4) is 0 Å². The zero-order chi connectivity index (χ0) is 33.2. The van der Waals surface area contributed by atoms with Gasteiger partial charge in [-0.2, -0.15) is 0 Å². The zero-order valence-electron chi connectivity index (χ0n) is 26.6. The smallest absolute Gasteiger partial charge is 0.306 e. The summed E-state index contributed by atoms with van der Waals surface area (Å²) in [5.74, 6) is -4.31. The Hall–Kier alpha value is -1.91. The SMILES string of the molecule is CCC(C)CC(=O)OC1C(OC2(CO)OC(CO)C(O)C2O)OC(CO)C(OC(=O)CC(C)C)C1OC(=O)CCCC(C)C. The summed E-state index contributed by atoms with van der Waals surface area (Å²) in [6, 6.07) is 0. The molecular weight excluding hydrogens is 584 g/mol. The number of hydrogen-bond acceptors (Lipinski definition) is 14. The van der Waals surface area contributed by atoms with Crippen LogP contribution in [-0.4, -0.2) is 118 Å². The second-order valence-electron chi connectivity index (χ2n) is 12.6. The molecule has 0 amide bonds. The number of aliphatic hydroxyl groups is 5. The molecule has 10 unspecified atom stereocenters. The largest absolute Gasteiger partial charge is 0.455 e. The summed E-state index contributed by atoms with van der Waals surface area (Å²) in [4.78, 5) is 39.0. The average Bonchev–Trinajstić information content (AvgIpc) is 3.19. The molecule has 0 aromatic heterocycles. The van der Waals surface area contributed by atoms with Gasteiger partial charge in [0.2, 0.25) is 12.1 Å². The Morgan fingerprint density at radius 1 is 0.795 bits per heavy atom. The van der Waals surface area contributed by atoms with Gasteiger partial charge < -0.3 is 54.0 Å². The molecule has 0 aromatic rings. The van der Waals surface area contributed by atoms with Gasteiger partial charge in [0.25, 0.3) is 0 Å². The van der Waals surface area contributed by atoms with E-state index in [4.69, 9.17) is 28.4 Å². The molecule has 0 aromatic carbocycles. The molecule has 14 heteroatoms. The molecule has 10 atom stereocenters. The Balaban J connectivity index is 2.55. The van der Waals surface area contributed by atoms with Crippen molar-refractivity contribution in [1.29, 1.82) is 0 Å². The van der Waals surface area contributed by atoms with Crippen molar-refractivity contribution < 1.29 is 68.3 Å². The van der Waals surface area contributed by atoms with Crippen LogP contribution in [0.5, 0.6) is 0 Å². The van der Waals surface area contributed by atoms with Crippen LogP contribution in [0.15, 0.2) is 0 Å². The maximum atomic E-state index is 13.1. The van der Waals surface area contributed by atoms with Gasteiger partial charge in [0.15, 0.2) is 18.3 Å². The summed E-state index contributed by atoms with van der Waals surface area (Å²) in [5.41, 5.74) is 0. The lowest BCUT2D eigenvalue weighted by Gasteiger charge is -2.46. The normalized spacial score (nSPS) is 32.9. The van der Waals surface area contributed by atoms with E-state index < -0.39 is 92.5 Å². The van der Waals surface area contributed by atoms with Crippen molar-refractivity contribution in [1.82, 2.24) is 0 Å². The minimum Gasteiger partial charge on any atom is -0.455 e. The molecule has 2 aliphatic heterocycles. The third-order valence-electron chi connectivity index (χ3n) is 7.74. The average molecular weight is 637 g/mol. The van der Waals surface area contributed by atoms with Gasteiger partial charge in [-0.05, 0) is 24.2 Å². The predicted octanol–water partition coefficient (Wildman–Crippen LogP) is 0.566. The Labute approximate surface area is 258 Å². The first-order chi connectivity index (χ1) is 20.7. The van der Waals surface area contributed by atoms with Gasteiger partial charge in [0.1, 0.15) is 31.0 Å². The number of ether oxygens (including phenoxy) is 6. The van der Waals surface area contributed by atoms with E-state index in [1.807, 2.05) is 27.7 Å². The van der Waals surface area contributed by atoms with E-state index in [9.17, 15) is 39.9 Å². The van der Waals surface area contributed by atoms with Gasteiger partial charge in [-0.15, -0.1) is 0 Å². The number of carbonyl (C=O) groups excluding carboxylic acids is 3. The van der Waals surface area contributed by atoms with Crippen molar-refractivity contribution in [2.75, 3.05) is 19.8 Å². The Kier molecular flexibility index (Phi) is 15.4. The second-order valence-corrected chi connectivity index (χ2v) is 12.6. The first-order valence-corrected chi connectivity index (χ1v) is 15.5. The molecule has 5 N–H and O–H groups in total. The maximum absolute atomic E-state index is 13.1. The molecule has 2 aliphatic rings. The summed E-state index contributed by atoms with van der Waals surface area (Å²) >= 11 is 0. The monoisotopic (exact) mass is 636 g/mol. The first kappa shape index (κ1) is 38.3. The third-order valence-corrected chi connectivity index (χ3v) is 7.74. The molecule has 0 aliphatic carbocycles. The van der Waals surface area contributed by atoms with Crippen molar-refractivity contribution in [3.63, 3.8) is 0 Å². The van der Waals surface area contributed by atoms with Crippen LogP contribution in [0.4, 0.5) is 0 Å². The summed E-state index contributed by atoms with van der Waals surface area (Å²) in [7, 11) is 0. The van der Waals surface area contributed by atoms with Gasteiger partial charge in [0.05, 0.1) is 13.2 Å². The quantitative estimate of drug-likeness (QED) is 0.109. The molecule has 44 heavy (non-hydrogen) atoms. The topological polar surface area (TPSA) is 208 Å². The van der Waals surface area contributed by atoms with Crippen molar-refractivity contribution in [2.24, 2.45) is 17.8 Å². The molecule has 256 valence electrons. The lowest BCUT2D eigenvalue weighted by Crippen LogP contribution is -2.65. The highest BCUT2D eigenvalue weighted by atomic mass is 16.8. The summed E-state index contributed by atoms with van der Waals surface area (Å²) in [6.45, 7) is 8.80. The molecule has 0 radical (unpaired) electrons. The van der Waals surface area contributed by atoms with Crippen molar-refractivity contribution in [3.05, 3.63) is 0 Å². The number of esters is 3. The van der Waals surface area contributed by atoms with Crippen LogP contribution in [-0.2, 0) is 42.8 Å². The number of carbonyl (C=O) groups is 3. The van der Waals surface area contributed by atoms with E-state index in [1.54, 1.807) is 13.8 Å². The van der Waals surface area contributed by atoms with Crippen LogP contribution in [0.1, 0.15) is 80.1 Å². The molecule has 2 heterocycles. The molecule has 0 saturated carbocycles. The Bertz CT molecular complexity index is 912. The van der Waals surface area contributed by atoms with Gasteiger partial charge in [-0.1, -0.05) is 54.4 Å². The first-order valence-electron chi connectivity index (χ1n) is 15.5. The molecule has 2 rings (SSSR count). The molecule has 14 nitrogen and oxygen atoms in total. The summed E-state index contributed by atoms with van der Waals surface area (Å²) in [6.07, 6.45) is -10.8. The molecule has 2 fully saturated rings. The summed E-state index contributed by atoms with van der Waals surface area (Å²) in [5, 5.41) is 51.2. The number of rotatable bonds is 17. The van der Waals surface area contributed by atoms with Gasteiger partial charge in [-0.3, -0.25) is 14.4 Å². The van der Waals surface area contributed by atoms with Crippen molar-refractivity contribution in [3.8, 4) is 0 Å². The molecule has 0 bridgehead atoms. The van der Waals surface area contributed by atoms with Crippen LogP contribution >= 0.6 is 0 Å². The Morgan fingerprint density at radius 2 is 1.39 bits per heavy atom. The second kappa shape index (κ2) is 17.7. The van der Waals surface area contributed by atoms with E-state index in [-0.39, 0.29) is 31.1 Å². The molecule has 0 spiro atoms. The fourth-order valence-corrected chi connectivity index (χ4v) is 5.02. The minimum absolute atomic E-state index is 0.00216.